The van der Waals surface area contributed by atoms with Crippen LogP contribution in [0, 0.1) is 6.92 Å². The number of piperidine rings is 1. The van der Waals surface area contributed by atoms with Gasteiger partial charge in [-0.25, -0.2) is 9.59 Å². The van der Waals surface area contributed by atoms with Gasteiger partial charge in [0.15, 0.2) is 11.0 Å². The van der Waals surface area contributed by atoms with E-state index in [0.29, 0.717) is 61.1 Å². The van der Waals surface area contributed by atoms with Crippen LogP contribution >= 0.6 is 11.6 Å². The number of allylic oxidation sites excluding steroid dienone is 2. The minimum atomic E-state index is -0.312. The number of hydrogen-bond donors (Lipinski definition) is 0. The molecule has 0 bridgehead atoms. The largest absolute Gasteiger partial charge is 0.354 e. The van der Waals surface area contributed by atoms with Gasteiger partial charge in [-0.15, -0.1) is 23.4 Å². The van der Waals surface area contributed by atoms with Crippen molar-refractivity contribution in [2.45, 2.75) is 38.9 Å². The molecule has 0 N–H and O–H groups in total. The highest BCUT2D eigenvalue weighted by molar-refractivity contribution is 6.35. The summed E-state index contributed by atoms with van der Waals surface area (Å²) in [4.78, 5) is 42.0. The molecule has 0 unspecified atom stereocenters. The average molecular weight is 572 g/mol. The van der Waals surface area contributed by atoms with Gasteiger partial charge in [0.25, 0.3) is 5.56 Å². The number of aryl methyl sites for hydroxylation is 2. The normalized spacial score (nSPS) is 14.4. The lowest BCUT2D eigenvalue weighted by molar-refractivity contribution is 0.370. The number of aromatic nitrogens is 6. The predicted molar refractivity (Wildman–Crippen MR) is 163 cm³/mol. The molecule has 3 aromatic heterocycles. The lowest BCUT2D eigenvalue weighted by Crippen LogP contribution is -2.45. The van der Waals surface area contributed by atoms with E-state index in [1.807, 2.05) is 37.3 Å². The summed E-state index contributed by atoms with van der Waals surface area (Å²) in [6.45, 7) is 11.4. The average Bonchev–Trinajstić information content (AvgIpc) is 3.22. The number of fused-ring (bicyclic) bond motifs is 3. The van der Waals surface area contributed by atoms with Gasteiger partial charge in [0.05, 0.1) is 21.9 Å². The lowest BCUT2D eigenvalue weighted by atomic mass is 10.0. The Kier molecular flexibility index (Phi) is 6.65. The van der Waals surface area contributed by atoms with Crippen molar-refractivity contribution < 1.29 is 0 Å². The maximum absolute atomic E-state index is 13.5. The Morgan fingerprint density at radius 3 is 2.15 bits per heavy atom. The van der Waals surface area contributed by atoms with Gasteiger partial charge in [0.1, 0.15) is 0 Å². The van der Waals surface area contributed by atoms with Crippen molar-refractivity contribution >= 4 is 50.1 Å². The summed E-state index contributed by atoms with van der Waals surface area (Å²) in [7, 11) is 1.70. The SMILES string of the molecule is C=CCn1c(=O)n(CC=C)c2cc3c(N4CCC(n5c(=O)c6cc(C)ccc6n(C)c5=O)CC4)nnc(Cl)c3cc21. The van der Waals surface area contributed by atoms with Gasteiger partial charge in [0, 0.05) is 50.0 Å². The monoisotopic (exact) mass is 571 g/mol. The van der Waals surface area contributed by atoms with Crippen molar-refractivity contribution in [3.05, 3.63) is 97.7 Å². The van der Waals surface area contributed by atoms with Crippen molar-refractivity contribution in [3.8, 4) is 0 Å². The maximum Gasteiger partial charge on any atom is 0.331 e. The summed E-state index contributed by atoms with van der Waals surface area (Å²) in [6, 6.07) is 9.13. The Hall–Kier alpha value is -4.44. The van der Waals surface area contributed by atoms with Gasteiger partial charge in [-0.1, -0.05) is 35.4 Å². The van der Waals surface area contributed by atoms with E-state index < -0.39 is 0 Å². The number of imidazole rings is 1. The molecule has 210 valence electrons. The van der Waals surface area contributed by atoms with Crippen LogP contribution in [0.4, 0.5) is 5.82 Å². The third-order valence-corrected chi connectivity index (χ3v) is 8.34. The van der Waals surface area contributed by atoms with E-state index in [0.717, 1.165) is 22.0 Å². The molecule has 4 heterocycles. The van der Waals surface area contributed by atoms with Crippen molar-refractivity contribution in [1.29, 1.82) is 0 Å². The van der Waals surface area contributed by atoms with Gasteiger partial charge >= 0.3 is 11.4 Å². The number of halogens is 1. The zero-order valence-electron chi connectivity index (χ0n) is 23.0. The van der Waals surface area contributed by atoms with E-state index in [2.05, 4.69) is 28.3 Å². The lowest BCUT2D eigenvalue weighted by Gasteiger charge is -2.33. The molecular formula is C30H30ClN7O3. The van der Waals surface area contributed by atoms with Crippen molar-refractivity contribution in [2.24, 2.45) is 7.05 Å². The highest BCUT2D eigenvalue weighted by atomic mass is 35.5. The fourth-order valence-electron chi connectivity index (χ4n) is 6.01. The Morgan fingerprint density at radius 2 is 1.51 bits per heavy atom. The van der Waals surface area contributed by atoms with Crippen LogP contribution in [0.5, 0.6) is 0 Å². The molecular weight excluding hydrogens is 542 g/mol. The first kappa shape index (κ1) is 26.8. The molecule has 41 heavy (non-hydrogen) atoms. The molecule has 2 aromatic carbocycles. The smallest absolute Gasteiger partial charge is 0.331 e. The van der Waals surface area contributed by atoms with E-state index in [4.69, 9.17) is 11.6 Å². The van der Waals surface area contributed by atoms with Crippen molar-refractivity contribution in [1.82, 2.24) is 28.5 Å². The van der Waals surface area contributed by atoms with E-state index >= 15 is 0 Å². The fraction of sp³-hybridized carbons (Fsp3) is 0.300. The number of benzene rings is 2. The first-order valence-electron chi connectivity index (χ1n) is 13.5. The zero-order chi connectivity index (χ0) is 29.0. The minimum absolute atomic E-state index is 0.160. The van der Waals surface area contributed by atoms with Crippen LogP contribution in [0.2, 0.25) is 5.15 Å². The highest BCUT2D eigenvalue weighted by Gasteiger charge is 2.27. The summed E-state index contributed by atoms with van der Waals surface area (Å²) in [5.74, 6) is 0.646. The van der Waals surface area contributed by atoms with Gasteiger partial charge in [-0.3, -0.25) is 23.1 Å². The summed E-state index contributed by atoms with van der Waals surface area (Å²) in [5.41, 5.74) is 2.34. The number of hydrogen-bond acceptors (Lipinski definition) is 6. The Morgan fingerprint density at radius 1 is 0.878 bits per heavy atom. The number of nitrogens with zero attached hydrogens (tertiary/aromatic N) is 7. The predicted octanol–water partition coefficient (Wildman–Crippen LogP) is 3.94. The molecule has 6 rings (SSSR count). The molecule has 0 aliphatic carbocycles. The highest BCUT2D eigenvalue weighted by Crippen LogP contribution is 2.34. The Bertz CT molecular complexity index is 2060. The summed E-state index contributed by atoms with van der Waals surface area (Å²) < 4.78 is 6.27. The van der Waals surface area contributed by atoms with E-state index in [1.165, 1.54) is 4.57 Å². The van der Waals surface area contributed by atoms with E-state index in [1.54, 1.807) is 32.9 Å². The van der Waals surface area contributed by atoms with Gasteiger partial charge < -0.3 is 4.90 Å². The van der Waals surface area contributed by atoms with Crippen LogP contribution in [0.15, 0.2) is 70.0 Å². The Labute approximate surface area is 240 Å². The molecule has 1 aliphatic rings. The maximum atomic E-state index is 13.5. The molecule has 11 heteroatoms. The first-order valence-corrected chi connectivity index (χ1v) is 13.9. The van der Waals surface area contributed by atoms with Gasteiger partial charge in [-0.05, 0) is 44.0 Å². The molecule has 10 nitrogen and oxygen atoms in total. The van der Waals surface area contributed by atoms with Gasteiger partial charge in [-0.2, -0.15) is 0 Å². The van der Waals surface area contributed by atoms with E-state index in [-0.39, 0.29) is 28.1 Å². The molecule has 0 radical (unpaired) electrons. The fourth-order valence-corrected chi connectivity index (χ4v) is 6.21. The van der Waals surface area contributed by atoms with Crippen LogP contribution in [0.3, 0.4) is 0 Å². The van der Waals surface area contributed by atoms with Crippen LogP contribution < -0.4 is 21.8 Å². The molecule has 5 aromatic rings. The summed E-state index contributed by atoms with van der Waals surface area (Å²) >= 11 is 6.52. The molecule has 0 spiro atoms. The number of anilines is 1. The third-order valence-electron chi connectivity index (χ3n) is 8.06. The quantitative estimate of drug-likeness (QED) is 0.286. The second kappa shape index (κ2) is 10.2. The topological polar surface area (TPSA) is 100.0 Å². The molecule has 1 aliphatic heterocycles. The zero-order valence-corrected chi connectivity index (χ0v) is 23.8. The van der Waals surface area contributed by atoms with Crippen LogP contribution in [-0.2, 0) is 20.1 Å². The molecule has 0 saturated carbocycles. The van der Waals surface area contributed by atoms with Crippen LogP contribution in [-0.4, -0.2) is 41.6 Å². The second-order valence-corrected chi connectivity index (χ2v) is 10.9. The summed E-state index contributed by atoms with van der Waals surface area (Å²) in [5, 5.41) is 10.9. The Balaban J connectivity index is 1.40. The second-order valence-electron chi connectivity index (χ2n) is 10.5. The first-order chi connectivity index (χ1) is 19.7. The minimum Gasteiger partial charge on any atom is -0.354 e. The standard InChI is InChI=1S/C30H30ClN7O3/c1-5-11-36-24-16-20-21(17-25(24)37(12-6-2)30(36)41)27(33-32-26(20)31)35-13-9-19(10-14-35)38-28(39)22-15-18(3)7-8-23(22)34(4)29(38)40/h5-8,15-17,19H,1-2,9-14H2,3-4H3. The van der Waals surface area contributed by atoms with Crippen LogP contribution in [0.25, 0.3) is 32.7 Å². The molecule has 0 atom stereocenters. The third kappa shape index (κ3) is 4.21. The van der Waals surface area contributed by atoms with E-state index in [9.17, 15) is 14.4 Å². The molecule has 0 amide bonds. The summed E-state index contributed by atoms with van der Waals surface area (Å²) in [6.07, 6.45) is 4.53. The van der Waals surface area contributed by atoms with Crippen molar-refractivity contribution in [3.63, 3.8) is 0 Å². The van der Waals surface area contributed by atoms with Crippen LogP contribution in [0.1, 0.15) is 24.4 Å². The molecule has 1 fully saturated rings. The van der Waals surface area contributed by atoms with Crippen molar-refractivity contribution in [2.75, 3.05) is 18.0 Å². The molecule has 1 saturated heterocycles. The van der Waals surface area contributed by atoms with Gasteiger partial charge in [0.2, 0.25) is 0 Å². The number of rotatable bonds is 6.